The summed E-state index contributed by atoms with van der Waals surface area (Å²) in [6.07, 6.45) is 2.87. The van der Waals surface area contributed by atoms with Gasteiger partial charge < -0.3 is 13.3 Å². The number of amides is 1. The Morgan fingerprint density at radius 1 is 0.969 bits per heavy atom. The van der Waals surface area contributed by atoms with E-state index in [1.807, 2.05) is 45.0 Å². The molecule has 2 aromatic rings. The van der Waals surface area contributed by atoms with Gasteiger partial charge in [-0.05, 0) is 61.9 Å². The van der Waals surface area contributed by atoms with Gasteiger partial charge in [0.25, 0.3) is 5.91 Å². The second-order valence-corrected chi connectivity index (χ2v) is 10.5. The zero-order valence-electron chi connectivity index (χ0n) is 18.9. The number of benzene rings is 2. The maximum Gasteiger partial charge on any atom is 0.500 e. The molecule has 0 fully saturated rings. The summed E-state index contributed by atoms with van der Waals surface area (Å²) in [4.78, 5) is 16.3. The molecule has 0 bridgehead atoms. The molecule has 166 valence electrons. The quantitative estimate of drug-likeness (QED) is 0.363. The average molecular weight is 449 g/mol. The smallest absolute Gasteiger partial charge is 0.374 e. The van der Waals surface area contributed by atoms with E-state index in [-0.39, 0.29) is 5.57 Å². The van der Waals surface area contributed by atoms with Crippen LogP contribution in [0.5, 0.6) is 0 Å². The summed E-state index contributed by atoms with van der Waals surface area (Å²) in [5.74, 6) is -0.435. The molecule has 2 aromatic carbocycles. The lowest BCUT2D eigenvalue weighted by Crippen LogP contribution is -2.45. The highest BCUT2D eigenvalue weighted by Crippen LogP contribution is 2.43. The van der Waals surface area contributed by atoms with Crippen molar-refractivity contribution in [2.45, 2.75) is 46.1 Å². The molecule has 0 atom stereocenters. The lowest BCUT2D eigenvalue weighted by molar-refractivity contribution is -0.113. The number of allylic oxidation sites excluding steroid dienone is 1. The molecule has 0 saturated carbocycles. The number of fused-ring (bicyclic) bond motifs is 3. The van der Waals surface area contributed by atoms with Gasteiger partial charge in [-0.2, -0.15) is 5.26 Å². The highest BCUT2D eigenvalue weighted by atomic mass is 28.4. The number of aryl methyl sites for hydroxylation is 1. The Hall–Kier alpha value is -2.63. The van der Waals surface area contributed by atoms with Crippen molar-refractivity contribution in [2.24, 2.45) is 4.99 Å². The molecule has 4 rings (SSSR count). The van der Waals surface area contributed by atoms with E-state index in [1.54, 1.807) is 0 Å². The van der Waals surface area contributed by atoms with Gasteiger partial charge in [-0.15, -0.1) is 0 Å². The van der Waals surface area contributed by atoms with Gasteiger partial charge in [0.1, 0.15) is 11.6 Å². The zero-order valence-corrected chi connectivity index (χ0v) is 19.9. The molecule has 1 heterocycles. The third kappa shape index (κ3) is 3.84. The summed E-state index contributed by atoms with van der Waals surface area (Å²) in [5, 5.41) is 11.7. The Labute approximate surface area is 189 Å². The van der Waals surface area contributed by atoms with Crippen LogP contribution < -0.4 is 0 Å². The van der Waals surface area contributed by atoms with Gasteiger partial charge in [-0.3, -0.25) is 4.79 Å². The van der Waals surface area contributed by atoms with Crippen LogP contribution in [0.2, 0.25) is 6.04 Å². The number of carbonyl (C=O) groups excluding carboxylic acids is 1. The van der Waals surface area contributed by atoms with Crippen LogP contribution in [-0.2, 0) is 24.5 Å². The molecule has 1 aliphatic carbocycles. The first-order valence-corrected chi connectivity index (χ1v) is 13.3. The van der Waals surface area contributed by atoms with E-state index in [0.717, 1.165) is 47.2 Å². The molecule has 0 radical (unpaired) electrons. The van der Waals surface area contributed by atoms with E-state index in [1.165, 1.54) is 5.56 Å². The second kappa shape index (κ2) is 9.47. The summed E-state index contributed by atoms with van der Waals surface area (Å²) >= 11 is 0. The first kappa shape index (κ1) is 22.6. The Balaban J connectivity index is 1.55. The SMILES string of the molecule is CCO[Si](CCCCc1ccc2c3c(cccc13)C1=NC(=O)C(C#N)=C12)(OCC)OCC. The first-order chi connectivity index (χ1) is 15.6. The second-order valence-electron chi connectivity index (χ2n) is 7.82. The molecule has 1 aliphatic heterocycles. The van der Waals surface area contributed by atoms with Gasteiger partial charge in [0, 0.05) is 37.0 Å². The molecule has 7 heteroatoms. The van der Waals surface area contributed by atoms with Crippen molar-refractivity contribution < 1.29 is 18.1 Å². The van der Waals surface area contributed by atoms with Gasteiger partial charge in [0.05, 0.1) is 5.71 Å². The molecular weight excluding hydrogens is 420 g/mol. The predicted molar refractivity (Wildman–Crippen MR) is 126 cm³/mol. The van der Waals surface area contributed by atoms with Gasteiger partial charge in [-0.1, -0.05) is 30.3 Å². The highest BCUT2D eigenvalue weighted by molar-refractivity contribution is 6.60. The largest absolute Gasteiger partial charge is 0.500 e. The van der Waals surface area contributed by atoms with Crippen molar-refractivity contribution in [1.29, 1.82) is 5.26 Å². The summed E-state index contributed by atoms with van der Waals surface area (Å²) in [6, 6.07) is 13.1. The lowest BCUT2D eigenvalue weighted by atomic mass is 9.95. The van der Waals surface area contributed by atoms with Crippen molar-refractivity contribution in [3.63, 3.8) is 0 Å². The minimum atomic E-state index is -2.61. The van der Waals surface area contributed by atoms with Gasteiger partial charge in [-0.25, -0.2) is 4.99 Å². The van der Waals surface area contributed by atoms with Crippen LogP contribution in [-0.4, -0.2) is 40.2 Å². The molecule has 32 heavy (non-hydrogen) atoms. The molecule has 6 nitrogen and oxygen atoms in total. The number of unbranched alkanes of at least 4 members (excludes halogenated alkanes) is 1. The van der Waals surface area contributed by atoms with E-state index >= 15 is 0 Å². The summed E-state index contributed by atoms with van der Waals surface area (Å²) in [6.45, 7) is 7.71. The Bertz CT molecular complexity index is 1150. The Morgan fingerprint density at radius 2 is 1.69 bits per heavy atom. The van der Waals surface area contributed by atoms with Crippen LogP contribution in [0.1, 0.15) is 50.3 Å². The predicted octanol–water partition coefficient (Wildman–Crippen LogP) is 4.83. The first-order valence-electron chi connectivity index (χ1n) is 11.3. The Morgan fingerprint density at radius 3 is 2.34 bits per heavy atom. The fraction of sp³-hybridized carbons (Fsp3) is 0.400. The van der Waals surface area contributed by atoms with Gasteiger partial charge in [0.15, 0.2) is 0 Å². The number of rotatable bonds is 11. The number of nitriles is 1. The van der Waals surface area contributed by atoms with Crippen LogP contribution in [0.15, 0.2) is 40.9 Å². The van der Waals surface area contributed by atoms with Gasteiger partial charge >= 0.3 is 8.80 Å². The molecule has 0 saturated heterocycles. The average Bonchev–Trinajstić information content (AvgIpc) is 3.27. The number of aliphatic imine (C=N–C) groups is 1. The number of nitrogens with zero attached hydrogens (tertiary/aromatic N) is 2. The fourth-order valence-corrected chi connectivity index (χ4v) is 7.43. The molecule has 0 unspecified atom stereocenters. The molecule has 2 aliphatic rings. The third-order valence-corrected chi connectivity index (χ3v) is 9.10. The molecule has 0 aromatic heterocycles. The van der Waals surface area contributed by atoms with Crippen LogP contribution >= 0.6 is 0 Å². The zero-order chi connectivity index (χ0) is 22.7. The minimum absolute atomic E-state index is 0.148. The third-order valence-electron chi connectivity index (χ3n) is 5.95. The summed E-state index contributed by atoms with van der Waals surface area (Å²) in [7, 11) is -2.61. The maximum absolute atomic E-state index is 12.1. The fourth-order valence-electron chi connectivity index (χ4n) is 4.75. The van der Waals surface area contributed by atoms with Crippen molar-refractivity contribution in [1.82, 2.24) is 0 Å². The standard InChI is InChI=1S/C25H28N2O4Si/c1-4-29-32(30-5-2,31-6-3)15-8-7-10-17-13-14-19-22-18(17)11-9-12-20(22)24-23(19)21(16-26)25(28)27-24/h9,11-14H,4-8,10,15H2,1-3H3. The maximum atomic E-state index is 12.1. The molecule has 0 spiro atoms. The van der Waals surface area contributed by atoms with E-state index in [0.29, 0.717) is 31.1 Å². The monoisotopic (exact) mass is 448 g/mol. The van der Waals surface area contributed by atoms with E-state index in [4.69, 9.17) is 13.3 Å². The molecule has 1 amide bonds. The molecule has 0 N–H and O–H groups in total. The topological polar surface area (TPSA) is 80.9 Å². The summed E-state index contributed by atoms with van der Waals surface area (Å²) in [5.41, 5.74) is 4.63. The summed E-state index contributed by atoms with van der Waals surface area (Å²) < 4.78 is 17.9. The lowest BCUT2D eigenvalue weighted by Gasteiger charge is -2.28. The van der Waals surface area contributed by atoms with Crippen LogP contribution in [0.4, 0.5) is 0 Å². The number of hydrogen-bond acceptors (Lipinski definition) is 5. The number of carbonyl (C=O) groups is 1. The van der Waals surface area contributed by atoms with Crippen LogP contribution in [0, 0.1) is 11.3 Å². The van der Waals surface area contributed by atoms with Crippen LogP contribution in [0.3, 0.4) is 0 Å². The minimum Gasteiger partial charge on any atom is -0.374 e. The van der Waals surface area contributed by atoms with E-state index in [2.05, 4.69) is 17.1 Å². The number of hydrogen-bond donors (Lipinski definition) is 0. The van der Waals surface area contributed by atoms with Crippen molar-refractivity contribution in [3.8, 4) is 6.07 Å². The normalized spacial score (nSPS) is 14.8. The highest BCUT2D eigenvalue weighted by Gasteiger charge is 2.39. The Kier molecular flexibility index (Phi) is 6.67. The van der Waals surface area contributed by atoms with E-state index < -0.39 is 14.7 Å². The molecular formula is C25H28N2O4Si. The van der Waals surface area contributed by atoms with Gasteiger partial charge in [0.2, 0.25) is 0 Å². The van der Waals surface area contributed by atoms with Crippen molar-refractivity contribution in [3.05, 3.63) is 52.6 Å². The van der Waals surface area contributed by atoms with Crippen molar-refractivity contribution in [2.75, 3.05) is 19.8 Å². The van der Waals surface area contributed by atoms with E-state index in [9.17, 15) is 10.1 Å². The van der Waals surface area contributed by atoms with Crippen molar-refractivity contribution >= 4 is 36.8 Å². The van der Waals surface area contributed by atoms with Crippen LogP contribution in [0.25, 0.3) is 16.3 Å².